The number of aromatic nitrogens is 3. The van der Waals surface area contributed by atoms with Crippen LogP contribution in [0.15, 0.2) is 55.0 Å². The fraction of sp³-hybridized carbons (Fsp3) is 0.167. The molecule has 0 bridgehead atoms. The molecule has 2 N–H and O–H groups in total. The predicted octanol–water partition coefficient (Wildman–Crippen LogP) is 4.92. The Kier molecular flexibility index (Phi) is 6.88. The summed E-state index contributed by atoms with van der Waals surface area (Å²) in [5.74, 6) is -3.35. The predicted molar refractivity (Wildman–Crippen MR) is 136 cm³/mol. The fourth-order valence-electron chi connectivity index (χ4n) is 4.69. The van der Waals surface area contributed by atoms with E-state index in [1.54, 1.807) is 12.1 Å². The van der Waals surface area contributed by atoms with Crippen molar-refractivity contribution < 1.29 is 26.5 Å². The van der Waals surface area contributed by atoms with Gasteiger partial charge in [-0.1, -0.05) is 11.6 Å². The lowest BCUT2D eigenvalue weighted by Gasteiger charge is -2.23. The van der Waals surface area contributed by atoms with Crippen LogP contribution in [-0.2, 0) is 10.2 Å². The molecule has 0 spiro atoms. The van der Waals surface area contributed by atoms with Crippen molar-refractivity contribution in [2.24, 2.45) is 5.14 Å². The van der Waals surface area contributed by atoms with E-state index in [1.165, 1.54) is 24.5 Å². The van der Waals surface area contributed by atoms with Crippen LogP contribution in [0.5, 0.6) is 0 Å². The van der Waals surface area contributed by atoms with E-state index in [0.717, 1.165) is 15.2 Å². The van der Waals surface area contributed by atoms with Crippen LogP contribution < -0.4 is 5.14 Å². The summed E-state index contributed by atoms with van der Waals surface area (Å²) in [6, 6.07) is 5.86. The molecule has 5 rings (SSSR count). The highest BCUT2D eigenvalue weighted by Crippen LogP contribution is 2.42. The van der Waals surface area contributed by atoms with Crippen molar-refractivity contribution in [3.05, 3.63) is 93.1 Å². The maximum atomic E-state index is 16.2. The zero-order valence-corrected chi connectivity index (χ0v) is 21.3. The molecule has 1 unspecified atom stereocenters. The first-order valence-corrected chi connectivity index (χ1v) is 13.3. The molecule has 1 aliphatic rings. The minimum atomic E-state index is -4.14. The van der Waals surface area contributed by atoms with Crippen LogP contribution in [0.1, 0.15) is 24.4 Å². The number of benzene rings is 2. The molecule has 0 amide bonds. The van der Waals surface area contributed by atoms with Crippen molar-refractivity contribution in [2.45, 2.75) is 18.9 Å². The average Bonchev–Trinajstić information content (AvgIpc) is 3.53. The Balaban J connectivity index is 1.73. The standard InChI is InChI=1S/C24H18ClF3N6O4S/c25-14-8-16(22(28)17(9-14)21-2-1-7-33(21)39(29,37)38)18-12-32(31-23(18)13-3-5-30-6-4-13)24-19(26)10-15(34(35)36)11-20(24)27/h3-6,8-12,21H,1-2,7H2,(H2,29,37,38). The summed E-state index contributed by atoms with van der Waals surface area (Å²) in [5, 5.41) is 20.7. The second-order valence-corrected chi connectivity index (χ2v) is 10.7. The van der Waals surface area contributed by atoms with Crippen molar-refractivity contribution in [1.29, 1.82) is 0 Å². The Morgan fingerprint density at radius 3 is 2.36 bits per heavy atom. The number of hydrogen-bond donors (Lipinski definition) is 1. The van der Waals surface area contributed by atoms with Gasteiger partial charge in [-0.05, 0) is 37.1 Å². The maximum Gasteiger partial charge on any atom is 0.277 e. The smallest absolute Gasteiger partial charge is 0.265 e. The molecule has 4 aromatic rings. The zero-order valence-electron chi connectivity index (χ0n) is 19.8. The Morgan fingerprint density at radius 2 is 1.74 bits per heavy atom. The molecule has 2 aromatic carbocycles. The van der Waals surface area contributed by atoms with Crippen LogP contribution >= 0.6 is 11.6 Å². The van der Waals surface area contributed by atoms with E-state index >= 15 is 4.39 Å². The van der Waals surface area contributed by atoms with Gasteiger partial charge in [-0.2, -0.15) is 17.8 Å². The van der Waals surface area contributed by atoms with Gasteiger partial charge in [0.1, 0.15) is 17.2 Å². The van der Waals surface area contributed by atoms with E-state index in [-0.39, 0.29) is 34.0 Å². The third-order valence-electron chi connectivity index (χ3n) is 6.35. The molecule has 2 aromatic heterocycles. The summed E-state index contributed by atoms with van der Waals surface area (Å²) in [7, 11) is -4.14. The summed E-state index contributed by atoms with van der Waals surface area (Å²) in [6.07, 6.45) is 4.78. The Labute approximate surface area is 224 Å². The molecule has 0 aliphatic carbocycles. The van der Waals surface area contributed by atoms with Crippen LogP contribution in [-0.4, -0.2) is 39.0 Å². The monoisotopic (exact) mass is 578 g/mol. The van der Waals surface area contributed by atoms with Crippen molar-refractivity contribution in [3.63, 3.8) is 0 Å². The van der Waals surface area contributed by atoms with Crippen molar-refractivity contribution >= 4 is 27.5 Å². The van der Waals surface area contributed by atoms with E-state index < -0.39 is 50.0 Å². The maximum absolute atomic E-state index is 16.2. The first-order chi connectivity index (χ1) is 18.5. The van der Waals surface area contributed by atoms with Gasteiger partial charge in [0, 0.05) is 52.4 Å². The number of pyridine rings is 1. The van der Waals surface area contributed by atoms with Crippen LogP contribution in [0, 0.1) is 27.6 Å². The Hall–Kier alpha value is -3.85. The number of hydrogen-bond acceptors (Lipinski definition) is 6. The first kappa shape index (κ1) is 26.7. The molecular formula is C24H18ClF3N6O4S. The molecule has 1 atom stereocenters. The van der Waals surface area contributed by atoms with E-state index in [1.807, 2.05) is 0 Å². The van der Waals surface area contributed by atoms with Crippen molar-refractivity contribution in [2.75, 3.05) is 6.54 Å². The number of nitrogens with zero attached hydrogens (tertiary/aromatic N) is 5. The fourth-order valence-corrected chi connectivity index (χ4v) is 5.87. The molecule has 3 heterocycles. The first-order valence-electron chi connectivity index (χ1n) is 11.4. The number of nitrogens with two attached hydrogens (primary N) is 1. The Bertz CT molecular complexity index is 1700. The van der Waals surface area contributed by atoms with E-state index in [9.17, 15) is 27.3 Å². The number of non-ortho nitro benzene ring substituents is 1. The number of halogens is 4. The van der Waals surface area contributed by atoms with Gasteiger partial charge in [-0.15, -0.1) is 0 Å². The van der Waals surface area contributed by atoms with Gasteiger partial charge in [-0.3, -0.25) is 15.1 Å². The number of nitro benzene ring substituents is 1. The summed E-state index contributed by atoms with van der Waals surface area (Å²) in [4.78, 5) is 14.0. The van der Waals surface area contributed by atoms with Crippen molar-refractivity contribution in [3.8, 4) is 28.1 Å². The minimum absolute atomic E-state index is 0.0230. The average molecular weight is 579 g/mol. The van der Waals surface area contributed by atoms with Gasteiger partial charge < -0.3 is 0 Å². The lowest BCUT2D eigenvalue weighted by Crippen LogP contribution is -2.36. The summed E-state index contributed by atoms with van der Waals surface area (Å²) < 4.78 is 72.0. The largest absolute Gasteiger partial charge is 0.277 e. The minimum Gasteiger partial charge on any atom is -0.265 e. The van der Waals surface area contributed by atoms with Crippen LogP contribution in [0.3, 0.4) is 0 Å². The van der Waals surface area contributed by atoms with Crippen LogP contribution in [0.4, 0.5) is 18.9 Å². The molecule has 15 heteroatoms. The molecule has 39 heavy (non-hydrogen) atoms. The second-order valence-electron chi connectivity index (χ2n) is 8.76. The molecule has 1 saturated heterocycles. The van der Waals surface area contributed by atoms with Gasteiger partial charge >= 0.3 is 0 Å². The molecule has 0 radical (unpaired) electrons. The van der Waals surface area contributed by atoms with Crippen LogP contribution in [0.2, 0.25) is 5.02 Å². The lowest BCUT2D eigenvalue weighted by molar-refractivity contribution is -0.385. The second kappa shape index (κ2) is 10.0. The third-order valence-corrected chi connectivity index (χ3v) is 7.66. The Morgan fingerprint density at radius 1 is 1.08 bits per heavy atom. The van der Waals surface area contributed by atoms with E-state index in [4.69, 9.17) is 16.7 Å². The summed E-state index contributed by atoms with van der Waals surface area (Å²) in [6.45, 7) is 0.101. The molecule has 0 saturated carbocycles. The van der Waals surface area contributed by atoms with Gasteiger partial charge in [0.05, 0.1) is 23.1 Å². The van der Waals surface area contributed by atoms with Crippen molar-refractivity contribution in [1.82, 2.24) is 19.1 Å². The summed E-state index contributed by atoms with van der Waals surface area (Å²) in [5.41, 5.74) is -1.08. The van der Waals surface area contributed by atoms with E-state index in [2.05, 4.69) is 10.1 Å². The zero-order chi connectivity index (χ0) is 28.1. The number of rotatable bonds is 6. The normalized spacial score (nSPS) is 16.1. The molecule has 1 aliphatic heterocycles. The SMILES string of the molecule is NS(=O)(=O)N1CCCC1c1cc(Cl)cc(-c2cn(-c3c(F)cc([N+](=O)[O-])cc3F)nc2-c2ccncc2)c1F. The topological polar surface area (TPSA) is 137 Å². The van der Waals surface area contributed by atoms with E-state index in [0.29, 0.717) is 30.5 Å². The summed E-state index contributed by atoms with van der Waals surface area (Å²) >= 11 is 6.35. The molecular weight excluding hydrogens is 561 g/mol. The highest BCUT2D eigenvalue weighted by Gasteiger charge is 2.36. The highest BCUT2D eigenvalue weighted by atomic mass is 35.5. The lowest BCUT2D eigenvalue weighted by atomic mass is 9.96. The van der Waals surface area contributed by atoms with Gasteiger partial charge in [-0.25, -0.2) is 23.0 Å². The quantitative estimate of drug-likeness (QED) is 0.255. The molecule has 202 valence electrons. The van der Waals surface area contributed by atoms with Gasteiger partial charge in [0.25, 0.3) is 15.9 Å². The van der Waals surface area contributed by atoms with Crippen LogP contribution in [0.25, 0.3) is 28.1 Å². The van der Waals surface area contributed by atoms with Gasteiger partial charge in [0.2, 0.25) is 0 Å². The third kappa shape index (κ3) is 4.98. The number of nitro groups is 1. The van der Waals surface area contributed by atoms with Gasteiger partial charge in [0.15, 0.2) is 11.6 Å². The highest BCUT2D eigenvalue weighted by molar-refractivity contribution is 7.86. The molecule has 1 fully saturated rings. The molecule has 10 nitrogen and oxygen atoms in total.